The first-order chi connectivity index (χ1) is 11.6. The van der Waals surface area contributed by atoms with Crippen LogP contribution in [0.1, 0.15) is 21.6 Å². The maximum atomic E-state index is 13.5. The van der Waals surface area contributed by atoms with Crippen molar-refractivity contribution in [2.24, 2.45) is 0 Å². The third-order valence-electron chi connectivity index (χ3n) is 3.89. The number of hydrogen-bond acceptors (Lipinski definition) is 3. The predicted molar refractivity (Wildman–Crippen MR) is 89.1 cm³/mol. The molecule has 3 rings (SSSR count). The smallest absolute Gasteiger partial charge is 0.270 e. The number of nitrogens with one attached hydrogen (secondary N) is 1. The normalized spacial score (nSPS) is 11.0. The van der Waals surface area contributed by atoms with Crippen molar-refractivity contribution in [3.63, 3.8) is 0 Å². The van der Waals surface area contributed by atoms with Gasteiger partial charge in [0.25, 0.3) is 5.91 Å². The summed E-state index contributed by atoms with van der Waals surface area (Å²) in [7, 11) is 0. The molecule has 0 unspecified atom stereocenters. The topological polar surface area (TPSA) is 69.2 Å². The van der Waals surface area contributed by atoms with Crippen LogP contribution < -0.4 is 0 Å². The molecule has 0 spiro atoms. The molecule has 6 heteroatoms. The van der Waals surface area contributed by atoms with E-state index in [9.17, 15) is 14.3 Å². The van der Waals surface area contributed by atoms with Gasteiger partial charge >= 0.3 is 0 Å². The number of hydrogen-bond donors (Lipinski definition) is 2. The van der Waals surface area contributed by atoms with Crippen molar-refractivity contribution in [3.8, 4) is 0 Å². The quantitative estimate of drug-likeness (QED) is 0.757. The van der Waals surface area contributed by atoms with Crippen LogP contribution in [0.5, 0.6) is 0 Å². The Hall–Kier alpha value is -2.73. The highest BCUT2D eigenvalue weighted by molar-refractivity contribution is 5.98. The van der Waals surface area contributed by atoms with Gasteiger partial charge < -0.3 is 15.0 Å². The van der Waals surface area contributed by atoms with Gasteiger partial charge in [-0.3, -0.25) is 9.78 Å². The average molecular weight is 327 g/mol. The summed E-state index contributed by atoms with van der Waals surface area (Å²) in [6.45, 7) is 2.21. The highest BCUT2D eigenvalue weighted by Crippen LogP contribution is 2.22. The molecule has 2 heterocycles. The summed E-state index contributed by atoms with van der Waals surface area (Å²) < 4.78 is 13.5. The minimum atomic E-state index is -0.344. The van der Waals surface area contributed by atoms with Crippen LogP contribution >= 0.6 is 0 Å². The lowest BCUT2D eigenvalue weighted by Gasteiger charge is -2.21. The molecule has 2 N–H and O–H groups in total. The van der Waals surface area contributed by atoms with Crippen LogP contribution in [0.2, 0.25) is 0 Å². The van der Waals surface area contributed by atoms with E-state index in [2.05, 4.69) is 9.97 Å². The van der Waals surface area contributed by atoms with E-state index in [4.69, 9.17) is 0 Å². The lowest BCUT2D eigenvalue weighted by atomic mass is 10.1. The number of halogens is 1. The number of amides is 1. The summed E-state index contributed by atoms with van der Waals surface area (Å²) >= 11 is 0. The first-order valence-electron chi connectivity index (χ1n) is 7.66. The third-order valence-corrected chi connectivity index (χ3v) is 3.89. The van der Waals surface area contributed by atoms with Gasteiger partial charge in [-0.25, -0.2) is 4.39 Å². The van der Waals surface area contributed by atoms with Gasteiger partial charge in [0.05, 0.1) is 6.61 Å². The SMILES string of the molecule is Cc1cc(F)cc2[nH]c(C(=O)N(CCO)Cc3cccnc3)cc12. The first kappa shape index (κ1) is 16.1. The van der Waals surface area contributed by atoms with Crippen LogP contribution in [-0.2, 0) is 6.54 Å². The number of aromatic amines is 1. The Morgan fingerprint density at radius 1 is 1.38 bits per heavy atom. The molecule has 0 saturated carbocycles. The fourth-order valence-corrected chi connectivity index (χ4v) is 2.75. The summed E-state index contributed by atoms with van der Waals surface area (Å²) in [5.74, 6) is -0.590. The van der Waals surface area contributed by atoms with Crippen molar-refractivity contribution in [3.05, 3.63) is 65.4 Å². The van der Waals surface area contributed by atoms with Crippen molar-refractivity contribution >= 4 is 16.8 Å². The number of carbonyl (C=O) groups is 1. The molecule has 0 fully saturated rings. The Morgan fingerprint density at radius 2 is 2.21 bits per heavy atom. The maximum Gasteiger partial charge on any atom is 0.270 e. The molecule has 2 aromatic heterocycles. The van der Waals surface area contributed by atoms with Crippen LogP contribution in [-0.4, -0.2) is 39.0 Å². The zero-order chi connectivity index (χ0) is 17.1. The van der Waals surface area contributed by atoms with E-state index in [0.717, 1.165) is 16.5 Å². The summed E-state index contributed by atoms with van der Waals surface area (Å²) in [5.41, 5.74) is 2.59. The van der Waals surface area contributed by atoms with Gasteiger partial charge in [0, 0.05) is 36.4 Å². The van der Waals surface area contributed by atoms with E-state index in [1.807, 2.05) is 6.07 Å². The van der Waals surface area contributed by atoms with Gasteiger partial charge in [0.1, 0.15) is 11.5 Å². The standard InChI is InChI=1S/C18H18FN3O2/c1-12-7-14(19)8-16-15(12)9-17(21-16)18(24)22(5-6-23)11-13-3-2-4-20-10-13/h2-4,7-10,21,23H,5-6,11H2,1H3. The second-order valence-electron chi connectivity index (χ2n) is 5.68. The van der Waals surface area contributed by atoms with Crippen molar-refractivity contribution in [2.75, 3.05) is 13.2 Å². The van der Waals surface area contributed by atoms with Crippen molar-refractivity contribution in [1.29, 1.82) is 0 Å². The lowest BCUT2D eigenvalue weighted by Crippen LogP contribution is -2.33. The zero-order valence-corrected chi connectivity index (χ0v) is 13.3. The molecule has 0 aliphatic carbocycles. The van der Waals surface area contributed by atoms with Gasteiger partial charge in [-0.15, -0.1) is 0 Å². The molecule has 0 aliphatic rings. The molecule has 0 radical (unpaired) electrons. The minimum Gasteiger partial charge on any atom is -0.395 e. The Bertz CT molecular complexity index is 861. The number of fused-ring (bicyclic) bond motifs is 1. The molecular formula is C18H18FN3O2. The van der Waals surface area contributed by atoms with Crippen molar-refractivity contribution < 1.29 is 14.3 Å². The molecule has 24 heavy (non-hydrogen) atoms. The molecule has 0 saturated heterocycles. The van der Waals surface area contributed by atoms with E-state index in [1.165, 1.54) is 17.0 Å². The molecular weight excluding hydrogens is 309 g/mol. The second-order valence-corrected chi connectivity index (χ2v) is 5.68. The number of aliphatic hydroxyl groups excluding tert-OH is 1. The number of aromatic nitrogens is 2. The number of nitrogens with zero attached hydrogens (tertiary/aromatic N) is 2. The number of pyridine rings is 1. The Balaban J connectivity index is 1.91. The van der Waals surface area contributed by atoms with Crippen molar-refractivity contribution in [1.82, 2.24) is 14.9 Å². The maximum absolute atomic E-state index is 13.5. The predicted octanol–water partition coefficient (Wildman–Crippen LogP) is 2.65. The van der Waals surface area contributed by atoms with Crippen LogP contribution in [0.25, 0.3) is 10.9 Å². The second kappa shape index (κ2) is 6.80. The summed E-state index contributed by atoms with van der Waals surface area (Å²) in [6.07, 6.45) is 3.35. The van der Waals surface area contributed by atoms with E-state index < -0.39 is 0 Å². The van der Waals surface area contributed by atoms with Crippen LogP contribution in [0, 0.1) is 12.7 Å². The van der Waals surface area contributed by atoms with Crippen molar-refractivity contribution in [2.45, 2.75) is 13.5 Å². The van der Waals surface area contributed by atoms with E-state index in [0.29, 0.717) is 17.8 Å². The van der Waals surface area contributed by atoms with E-state index >= 15 is 0 Å². The molecule has 0 bridgehead atoms. The Labute approximate surface area is 138 Å². The Kier molecular flexibility index (Phi) is 4.57. The van der Waals surface area contributed by atoms with Crippen LogP contribution in [0.4, 0.5) is 4.39 Å². The largest absolute Gasteiger partial charge is 0.395 e. The highest BCUT2D eigenvalue weighted by Gasteiger charge is 2.19. The van der Waals surface area contributed by atoms with Gasteiger partial charge in [-0.2, -0.15) is 0 Å². The molecule has 1 amide bonds. The molecule has 124 valence electrons. The third kappa shape index (κ3) is 3.28. The van der Waals surface area contributed by atoms with E-state index in [1.54, 1.807) is 31.5 Å². The number of rotatable bonds is 5. The molecule has 0 aliphatic heterocycles. The summed E-state index contributed by atoms with van der Waals surface area (Å²) in [4.78, 5) is 21.3. The number of H-pyrrole nitrogens is 1. The highest BCUT2D eigenvalue weighted by atomic mass is 19.1. The number of carbonyl (C=O) groups excluding carboxylic acids is 1. The van der Waals surface area contributed by atoms with E-state index in [-0.39, 0.29) is 24.9 Å². The fourth-order valence-electron chi connectivity index (χ4n) is 2.75. The van der Waals surface area contributed by atoms with Crippen LogP contribution in [0.3, 0.4) is 0 Å². The summed E-state index contributed by atoms with van der Waals surface area (Å²) in [5, 5.41) is 10.1. The lowest BCUT2D eigenvalue weighted by molar-refractivity contribution is 0.0702. The first-order valence-corrected chi connectivity index (χ1v) is 7.66. The summed E-state index contributed by atoms with van der Waals surface area (Å²) in [6, 6.07) is 8.20. The molecule has 0 atom stereocenters. The molecule has 3 aromatic rings. The fraction of sp³-hybridized carbons (Fsp3) is 0.222. The molecule has 1 aromatic carbocycles. The van der Waals surface area contributed by atoms with Gasteiger partial charge in [0.2, 0.25) is 0 Å². The van der Waals surface area contributed by atoms with Gasteiger partial charge in [-0.1, -0.05) is 6.07 Å². The average Bonchev–Trinajstić information content (AvgIpc) is 2.99. The molecule has 5 nitrogen and oxygen atoms in total. The van der Waals surface area contributed by atoms with Gasteiger partial charge in [-0.05, 0) is 42.3 Å². The Morgan fingerprint density at radius 3 is 2.92 bits per heavy atom. The van der Waals surface area contributed by atoms with Gasteiger partial charge in [0.15, 0.2) is 0 Å². The monoisotopic (exact) mass is 327 g/mol. The number of aliphatic hydroxyl groups is 1. The number of benzene rings is 1. The van der Waals surface area contributed by atoms with Crippen LogP contribution in [0.15, 0.2) is 42.7 Å². The minimum absolute atomic E-state index is 0.139. The number of aryl methyl sites for hydroxylation is 1. The zero-order valence-electron chi connectivity index (χ0n) is 13.3.